The maximum atomic E-state index is 13.4. The van der Waals surface area contributed by atoms with E-state index in [1.807, 2.05) is 26.8 Å². The fraction of sp³-hybridized carbons (Fsp3) is 0.500. The van der Waals surface area contributed by atoms with Crippen molar-refractivity contribution in [2.45, 2.75) is 78.8 Å². The van der Waals surface area contributed by atoms with Crippen molar-refractivity contribution in [3.8, 4) is 0 Å². The third-order valence-corrected chi connectivity index (χ3v) is 6.59. The second-order valence-corrected chi connectivity index (χ2v) is 11.1. The van der Waals surface area contributed by atoms with Crippen LogP contribution in [-0.4, -0.2) is 29.3 Å². The Balaban J connectivity index is 2.21. The van der Waals surface area contributed by atoms with Gasteiger partial charge in [0.25, 0.3) is 0 Å². The topological polar surface area (TPSA) is 49.4 Å². The summed E-state index contributed by atoms with van der Waals surface area (Å²) >= 11 is 12.3. The number of halogens is 2. The molecule has 0 saturated carbocycles. The van der Waals surface area contributed by atoms with Crippen LogP contribution in [0.15, 0.2) is 42.5 Å². The van der Waals surface area contributed by atoms with Gasteiger partial charge in [-0.15, -0.1) is 0 Å². The Morgan fingerprint density at radius 2 is 1.59 bits per heavy atom. The molecule has 0 spiro atoms. The van der Waals surface area contributed by atoms with E-state index < -0.39 is 6.04 Å². The van der Waals surface area contributed by atoms with Gasteiger partial charge >= 0.3 is 0 Å². The van der Waals surface area contributed by atoms with Gasteiger partial charge in [0.1, 0.15) is 6.04 Å². The average molecular weight is 506 g/mol. The van der Waals surface area contributed by atoms with E-state index >= 15 is 0 Å². The molecule has 2 aromatic carbocycles. The normalized spacial score (nSPS) is 12.5. The minimum Gasteiger partial charge on any atom is -0.354 e. The van der Waals surface area contributed by atoms with Crippen molar-refractivity contribution < 1.29 is 9.59 Å². The molecule has 1 atom stereocenters. The standard InChI is InChI=1S/C28H38Cl2N2O2/c1-7-25(27(34)31-17-19(2)3)32(18-21-10-14-23(29)24(30)16-21)26(33)15-11-20-8-12-22(13-9-20)28(4,5)6/h8-10,12-14,16,19,25H,7,11,15,17-18H2,1-6H3,(H,31,34)/t25-/m1/s1. The lowest BCUT2D eigenvalue weighted by molar-refractivity contribution is -0.141. The Hall–Kier alpha value is -2.04. The zero-order valence-electron chi connectivity index (χ0n) is 21.3. The molecule has 0 heterocycles. The van der Waals surface area contributed by atoms with E-state index in [2.05, 4.69) is 50.4 Å². The lowest BCUT2D eigenvalue weighted by Gasteiger charge is -2.31. The van der Waals surface area contributed by atoms with E-state index in [0.717, 1.165) is 11.1 Å². The molecule has 34 heavy (non-hydrogen) atoms. The molecule has 1 N–H and O–H groups in total. The SMILES string of the molecule is CC[C@H](C(=O)NCC(C)C)N(Cc1ccc(Cl)c(Cl)c1)C(=O)CCc1ccc(C(C)(C)C)cc1. The molecular weight excluding hydrogens is 467 g/mol. The Kier molecular flexibility index (Phi) is 10.5. The highest BCUT2D eigenvalue weighted by molar-refractivity contribution is 6.42. The second kappa shape index (κ2) is 12.6. The van der Waals surface area contributed by atoms with Gasteiger partial charge in [-0.25, -0.2) is 0 Å². The number of nitrogens with zero attached hydrogens (tertiary/aromatic N) is 1. The van der Waals surface area contributed by atoms with Crippen molar-refractivity contribution >= 4 is 35.0 Å². The van der Waals surface area contributed by atoms with Gasteiger partial charge < -0.3 is 10.2 Å². The quantitative estimate of drug-likeness (QED) is 0.386. The molecule has 186 valence electrons. The number of hydrogen-bond donors (Lipinski definition) is 1. The average Bonchev–Trinajstić information content (AvgIpc) is 2.78. The molecule has 0 aromatic heterocycles. The Morgan fingerprint density at radius 3 is 2.12 bits per heavy atom. The first kappa shape index (κ1) is 28.2. The summed E-state index contributed by atoms with van der Waals surface area (Å²) in [6, 6.07) is 13.2. The van der Waals surface area contributed by atoms with Gasteiger partial charge in [0.2, 0.25) is 11.8 Å². The van der Waals surface area contributed by atoms with Crippen molar-refractivity contribution in [1.29, 1.82) is 0 Å². The predicted molar refractivity (Wildman–Crippen MR) is 142 cm³/mol. The molecule has 0 fully saturated rings. The fourth-order valence-electron chi connectivity index (χ4n) is 3.74. The van der Waals surface area contributed by atoms with Crippen molar-refractivity contribution in [2.75, 3.05) is 6.54 Å². The lowest BCUT2D eigenvalue weighted by Crippen LogP contribution is -2.49. The molecule has 0 aliphatic carbocycles. The third kappa shape index (κ3) is 8.32. The Morgan fingerprint density at radius 1 is 0.971 bits per heavy atom. The second-order valence-electron chi connectivity index (χ2n) is 10.3. The molecule has 0 saturated heterocycles. The molecule has 0 bridgehead atoms. The zero-order chi connectivity index (χ0) is 25.5. The smallest absolute Gasteiger partial charge is 0.242 e. The highest BCUT2D eigenvalue weighted by Gasteiger charge is 2.28. The summed E-state index contributed by atoms with van der Waals surface area (Å²) in [5, 5.41) is 3.88. The van der Waals surface area contributed by atoms with E-state index in [1.165, 1.54) is 5.56 Å². The minimum absolute atomic E-state index is 0.0579. The molecular formula is C28H38Cl2N2O2. The number of nitrogens with one attached hydrogen (secondary N) is 1. The lowest BCUT2D eigenvalue weighted by atomic mass is 9.86. The number of amides is 2. The number of carbonyl (C=O) groups excluding carboxylic acids is 2. The van der Waals surface area contributed by atoms with Gasteiger partial charge in [-0.2, -0.15) is 0 Å². The van der Waals surface area contributed by atoms with E-state index in [-0.39, 0.29) is 17.2 Å². The highest BCUT2D eigenvalue weighted by Crippen LogP contribution is 2.25. The molecule has 0 radical (unpaired) electrons. The van der Waals surface area contributed by atoms with Crippen molar-refractivity contribution in [3.05, 3.63) is 69.2 Å². The first-order chi connectivity index (χ1) is 15.9. The summed E-state index contributed by atoms with van der Waals surface area (Å²) in [7, 11) is 0. The van der Waals surface area contributed by atoms with Crippen LogP contribution in [-0.2, 0) is 28.0 Å². The van der Waals surface area contributed by atoms with E-state index in [9.17, 15) is 9.59 Å². The monoisotopic (exact) mass is 504 g/mol. The van der Waals surface area contributed by atoms with Crippen LogP contribution in [0.3, 0.4) is 0 Å². The molecule has 0 aliphatic heterocycles. The van der Waals surface area contributed by atoms with E-state index in [4.69, 9.17) is 23.2 Å². The van der Waals surface area contributed by atoms with E-state index in [1.54, 1.807) is 17.0 Å². The number of aryl methyl sites for hydroxylation is 1. The van der Waals surface area contributed by atoms with Crippen LogP contribution >= 0.6 is 23.2 Å². The highest BCUT2D eigenvalue weighted by atomic mass is 35.5. The van der Waals surface area contributed by atoms with Crippen LogP contribution in [0.25, 0.3) is 0 Å². The maximum Gasteiger partial charge on any atom is 0.242 e. The molecule has 6 heteroatoms. The molecule has 0 unspecified atom stereocenters. The summed E-state index contributed by atoms with van der Waals surface area (Å²) in [5.41, 5.74) is 3.29. The zero-order valence-corrected chi connectivity index (χ0v) is 22.8. The first-order valence-electron chi connectivity index (χ1n) is 12.0. The summed E-state index contributed by atoms with van der Waals surface area (Å²) < 4.78 is 0. The molecule has 2 amide bonds. The van der Waals surface area contributed by atoms with Crippen LogP contribution in [0.5, 0.6) is 0 Å². The first-order valence-corrected chi connectivity index (χ1v) is 12.8. The van der Waals surface area contributed by atoms with Gasteiger partial charge in [-0.05, 0) is 53.0 Å². The van der Waals surface area contributed by atoms with Crippen LogP contribution in [0.2, 0.25) is 10.0 Å². The largest absolute Gasteiger partial charge is 0.354 e. The predicted octanol–water partition coefficient (Wildman–Crippen LogP) is 6.80. The minimum atomic E-state index is -0.552. The molecule has 4 nitrogen and oxygen atoms in total. The molecule has 2 aromatic rings. The third-order valence-electron chi connectivity index (χ3n) is 5.85. The van der Waals surface area contributed by atoms with Crippen LogP contribution in [0.4, 0.5) is 0 Å². The maximum absolute atomic E-state index is 13.4. The van der Waals surface area contributed by atoms with Crippen molar-refractivity contribution in [3.63, 3.8) is 0 Å². The summed E-state index contributed by atoms with van der Waals surface area (Å²) in [6.45, 7) is 13.4. The number of carbonyl (C=O) groups is 2. The van der Waals surface area contributed by atoms with Crippen LogP contribution < -0.4 is 5.32 Å². The Bertz CT molecular complexity index is 965. The number of hydrogen-bond acceptors (Lipinski definition) is 2. The summed E-state index contributed by atoms with van der Waals surface area (Å²) in [4.78, 5) is 28.1. The van der Waals surface area contributed by atoms with E-state index in [0.29, 0.717) is 48.3 Å². The van der Waals surface area contributed by atoms with Gasteiger partial charge in [0.05, 0.1) is 10.0 Å². The van der Waals surface area contributed by atoms with Gasteiger partial charge in [0, 0.05) is 19.5 Å². The summed E-state index contributed by atoms with van der Waals surface area (Å²) in [6.07, 6.45) is 1.46. The number of benzene rings is 2. The summed E-state index contributed by atoms with van der Waals surface area (Å²) in [5.74, 6) is 0.147. The van der Waals surface area contributed by atoms with Crippen LogP contribution in [0.1, 0.15) is 71.1 Å². The van der Waals surface area contributed by atoms with Crippen molar-refractivity contribution in [1.82, 2.24) is 10.2 Å². The fourth-order valence-corrected chi connectivity index (χ4v) is 4.06. The van der Waals surface area contributed by atoms with Gasteiger partial charge in [-0.3, -0.25) is 9.59 Å². The number of rotatable bonds is 10. The van der Waals surface area contributed by atoms with Crippen LogP contribution in [0, 0.1) is 5.92 Å². The Labute approximate surface area is 215 Å². The van der Waals surface area contributed by atoms with Crippen molar-refractivity contribution in [2.24, 2.45) is 5.92 Å². The molecule has 2 rings (SSSR count). The van der Waals surface area contributed by atoms with Gasteiger partial charge in [0.15, 0.2) is 0 Å². The molecule has 0 aliphatic rings. The van der Waals surface area contributed by atoms with Gasteiger partial charge in [-0.1, -0.05) is 95.1 Å².